The molecule has 0 bridgehead atoms. The maximum absolute atomic E-state index is 12.2. The summed E-state index contributed by atoms with van der Waals surface area (Å²) in [5, 5.41) is 8.20. The SMILES string of the molecule is COc1ccc(NC(C)=O)cc1NC(=O)NCCc1cn2ccccc2n1. The van der Waals surface area contributed by atoms with E-state index in [-0.39, 0.29) is 11.9 Å². The van der Waals surface area contributed by atoms with Crippen molar-refractivity contribution in [2.45, 2.75) is 13.3 Å². The van der Waals surface area contributed by atoms with Crippen molar-refractivity contribution in [2.24, 2.45) is 0 Å². The van der Waals surface area contributed by atoms with Crippen molar-refractivity contribution in [3.05, 3.63) is 54.5 Å². The third-order valence-corrected chi connectivity index (χ3v) is 3.85. The molecule has 0 fully saturated rings. The number of anilines is 2. The molecule has 3 rings (SSSR count). The number of rotatable bonds is 6. The molecule has 0 radical (unpaired) electrons. The highest BCUT2D eigenvalue weighted by Crippen LogP contribution is 2.27. The molecule has 1 aromatic carbocycles. The van der Waals surface area contributed by atoms with Crippen molar-refractivity contribution in [3.8, 4) is 5.75 Å². The lowest BCUT2D eigenvalue weighted by atomic mass is 10.2. The summed E-state index contributed by atoms with van der Waals surface area (Å²) in [7, 11) is 1.51. The predicted molar refractivity (Wildman–Crippen MR) is 103 cm³/mol. The summed E-state index contributed by atoms with van der Waals surface area (Å²) < 4.78 is 7.18. The van der Waals surface area contributed by atoms with Gasteiger partial charge in [-0.05, 0) is 30.3 Å². The Hall–Kier alpha value is -3.55. The number of methoxy groups -OCH3 is 1. The summed E-state index contributed by atoms with van der Waals surface area (Å²) in [4.78, 5) is 27.9. The molecule has 0 atom stereocenters. The highest BCUT2D eigenvalue weighted by Gasteiger charge is 2.09. The van der Waals surface area contributed by atoms with Crippen LogP contribution in [-0.2, 0) is 11.2 Å². The van der Waals surface area contributed by atoms with Crippen molar-refractivity contribution >= 4 is 29.0 Å². The molecule has 2 heterocycles. The smallest absolute Gasteiger partial charge is 0.319 e. The number of aromatic nitrogens is 2. The number of carbonyl (C=O) groups is 2. The number of amides is 3. The van der Waals surface area contributed by atoms with Crippen LogP contribution in [0.25, 0.3) is 5.65 Å². The van der Waals surface area contributed by atoms with Crippen molar-refractivity contribution in [1.82, 2.24) is 14.7 Å². The van der Waals surface area contributed by atoms with Crippen LogP contribution in [0, 0.1) is 0 Å². The third-order valence-electron chi connectivity index (χ3n) is 3.85. The number of nitrogens with zero attached hydrogens (tertiary/aromatic N) is 2. The molecule has 0 saturated heterocycles. The van der Waals surface area contributed by atoms with Crippen LogP contribution < -0.4 is 20.7 Å². The molecule has 0 aliphatic heterocycles. The van der Waals surface area contributed by atoms with Crippen molar-refractivity contribution in [3.63, 3.8) is 0 Å². The maximum atomic E-state index is 12.2. The van der Waals surface area contributed by atoms with Gasteiger partial charge in [-0.1, -0.05) is 6.07 Å². The van der Waals surface area contributed by atoms with E-state index in [4.69, 9.17) is 4.74 Å². The summed E-state index contributed by atoms with van der Waals surface area (Å²) in [6, 6.07) is 10.5. The maximum Gasteiger partial charge on any atom is 0.319 e. The zero-order chi connectivity index (χ0) is 19.2. The van der Waals surface area contributed by atoms with E-state index in [2.05, 4.69) is 20.9 Å². The second kappa shape index (κ2) is 8.22. The van der Waals surface area contributed by atoms with E-state index in [0.717, 1.165) is 11.3 Å². The monoisotopic (exact) mass is 367 g/mol. The molecule has 8 nitrogen and oxygen atoms in total. The predicted octanol–water partition coefficient (Wildman–Crippen LogP) is 2.67. The Kier molecular flexibility index (Phi) is 5.55. The molecule has 0 saturated carbocycles. The molecule has 8 heteroatoms. The van der Waals surface area contributed by atoms with Gasteiger partial charge in [0.2, 0.25) is 5.91 Å². The van der Waals surface area contributed by atoms with Gasteiger partial charge < -0.3 is 25.1 Å². The van der Waals surface area contributed by atoms with Crippen LogP contribution in [0.3, 0.4) is 0 Å². The fraction of sp³-hybridized carbons (Fsp3) is 0.211. The zero-order valence-electron chi connectivity index (χ0n) is 15.2. The molecule has 0 spiro atoms. The summed E-state index contributed by atoms with van der Waals surface area (Å²) in [5.74, 6) is 0.308. The number of imidazole rings is 1. The average molecular weight is 367 g/mol. The van der Waals surface area contributed by atoms with Gasteiger partial charge >= 0.3 is 6.03 Å². The Morgan fingerprint density at radius 3 is 2.78 bits per heavy atom. The zero-order valence-corrected chi connectivity index (χ0v) is 15.2. The van der Waals surface area contributed by atoms with Crippen LogP contribution in [0.15, 0.2) is 48.8 Å². The number of hydrogen-bond donors (Lipinski definition) is 3. The van der Waals surface area contributed by atoms with E-state index in [1.807, 2.05) is 35.0 Å². The number of fused-ring (bicyclic) bond motifs is 1. The molecule has 140 valence electrons. The highest BCUT2D eigenvalue weighted by atomic mass is 16.5. The second-order valence-electron chi connectivity index (χ2n) is 5.93. The van der Waals surface area contributed by atoms with Crippen LogP contribution in [0.2, 0.25) is 0 Å². The molecular formula is C19H21N5O3. The van der Waals surface area contributed by atoms with E-state index < -0.39 is 0 Å². The highest BCUT2D eigenvalue weighted by molar-refractivity contribution is 5.94. The number of carbonyl (C=O) groups excluding carboxylic acids is 2. The topological polar surface area (TPSA) is 96.8 Å². The Bertz CT molecular complexity index is 934. The summed E-state index contributed by atoms with van der Waals surface area (Å²) in [6.07, 6.45) is 4.48. The Morgan fingerprint density at radius 1 is 1.19 bits per heavy atom. The number of nitrogens with one attached hydrogen (secondary N) is 3. The number of pyridine rings is 1. The minimum absolute atomic E-state index is 0.192. The lowest BCUT2D eigenvalue weighted by Gasteiger charge is -2.13. The Morgan fingerprint density at radius 2 is 2.04 bits per heavy atom. The standard InChI is InChI=1S/C19H21N5O3/c1-13(25)21-14-6-7-17(27-2)16(11-14)23-19(26)20-9-8-15-12-24-10-4-3-5-18(24)22-15/h3-7,10-12H,8-9H2,1-2H3,(H,21,25)(H2,20,23,26). The number of urea groups is 1. The largest absolute Gasteiger partial charge is 0.495 e. The van der Waals surface area contributed by atoms with Crippen LogP contribution in [0.4, 0.5) is 16.2 Å². The van der Waals surface area contributed by atoms with Gasteiger partial charge in [0.05, 0.1) is 18.5 Å². The Labute approximate surface area is 156 Å². The van der Waals surface area contributed by atoms with Gasteiger partial charge in [0.25, 0.3) is 0 Å². The summed E-state index contributed by atoms with van der Waals surface area (Å²) >= 11 is 0. The summed E-state index contributed by atoms with van der Waals surface area (Å²) in [5.41, 5.74) is 2.81. The first kappa shape index (κ1) is 18.2. The van der Waals surface area contributed by atoms with Gasteiger partial charge in [-0.2, -0.15) is 0 Å². The molecule has 2 aromatic heterocycles. The van der Waals surface area contributed by atoms with E-state index in [0.29, 0.717) is 30.1 Å². The van der Waals surface area contributed by atoms with Gasteiger partial charge in [0.1, 0.15) is 11.4 Å². The molecule has 0 aliphatic carbocycles. The Balaban J connectivity index is 1.57. The molecule has 0 unspecified atom stereocenters. The first-order valence-electron chi connectivity index (χ1n) is 8.48. The number of ether oxygens (including phenoxy) is 1. The normalized spacial score (nSPS) is 10.4. The fourth-order valence-corrected chi connectivity index (χ4v) is 2.66. The first-order valence-corrected chi connectivity index (χ1v) is 8.48. The second-order valence-corrected chi connectivity index (χ2v) is 5.93. The lowest BCUT2D eigenvalue weighted by Crippen LogP contribution is -2.30. The number of hydrogen-bond acceptors (Lipinski definition) is 4. The minimum atomic E-state index is -0.364. The van der Waals surface area contributed by atoms with Gasteiger partial charge in [-0.15, -0.1) is 0 Å². The van der Waals surface area contributed by atoms with E-state index >= 15 is 0 Å². The van der Waals surface area contributed by atoms with Gasteiger partial charge in [-0.25, -0.2) is 9.78 Å². The van der Waals surface area contributed by atoms with E-state index in [9.17, 15) is 9.59 Å². The molecule has 27 heavy (non-hydrogen) atoms. The summed E-state index contributed by atoms with van der Waals surface area (Å²) in [6.45, 7) is 1.85. The van der Waals surface area contributed by atoms with Crippen molar-refractivity contribution < 1.29 is 14.3 Å². The quantitative estimate of drug-likeness (QED) is 0.624. The first-order chi connectivity index (χ1) is 13.0. The van der Waals surface area contributed by atoms with Gasteiger partial charge in [-0.3, -0.25) is 4.79 Å². The average Bonchev–Trinajstić information content (AvgIpc) is 3.04. The van der Waals surface area contributed by atoms with E-state index in [1.54, 1.807) is 18.2 Å². The van der Waals surface area contributed by atoms with Crippen LogP contribution in [0.5, 0.6) is 5.75 Å². The fourth-order valence-electron chi connectivity index (χ4n) is 2.66. The van der Waals surface area contributed by atoms with Crippen LogP contribution in [-0.4, -0.2) is 35.0 Å². The molecular weight excluding hydrogens is 346 g/mol. The van der Waals surface area contributed by atoms with E-state index in [1.165, 1.54) is 14.0 Å². The minimum Gasteiger partial charge on any atom is -0.495 e. The molecule has 0 aliphatic rings. The number of benzene rings is 1. The molecule has 3 amide bonds. The van der Waals surface area contributed by atoms with Crippen LogP contribution in [0.1, 0.15) is 12.6 Å². The molecule has 3 aromatic rings. The molecule has 3 N–H and O–H groups in total. The van der Waals surface area contributed by atoms with Crippen molar-refractivity contribution in [1.29, 1.82) is 0 Å². The lowest BCUT2D eigenvalue weighted by molar-refractivity contribution is -0.114. The van der Waals surface area contributed by atoms with Gasteiger partial charge in [0.15, 0.2) is 0 Å². The van der Waals surface area contributed by atoms with Gasteiger partial charge in [0, 0.05) is 38.0 Å². The van der Waals surface area contributed by atoms with Crippen LogP contribution >= 0.6 is 0 Å². The third kappa shape index (κ3) is 4.75. The van der Waals surface area contributed by atoms with Crippen molar-refractivity contribution in [2.75, 3.05) is 24.3 Å².